The Labute approximate surface area is 169 Å². The van der Waals surface area contributed by atoms with Crippen LogP contribution in [0, 0.1) is 0 Å². The van der Waals surface area contributed by atoms with Crippen LogP contribution >= 0.6 is 11.6 Å². The summed E-state index contributed by atoms with van der Waals surface area (Å²) in [6.45, 7) is 5.22. The molecule has 0 spiro atoms. The van der Waals surface area contributed by atoms with Gasteiger partial charge in [-0.3, -0.25) is 9.69 Å². The number of aromatic nitrogens is 2. The molecular weight excluding hydrogens is 372 g/mol. The number of hydrogen-bond acceptors (Lipinski definition) is 4. The molecule has 1 aliphatic rings. The van der Waals surface area contributed by atoms with Gasteiger partial charge in [-0.1, -0.05) is 48.0 Å². The summed E-state index contributed by atoms with van der Waals surface area (Å²) in [7, 11) is 2.16. The molecule has 0 radical (unpaired) electrons. The van der Waals surface area contributed by atoms with E-state index in [1.807, 2.05) is 30.3 Å². The van der Waals surface area contributed by atoms with Crippen molar-refractivity contribution >= 4 is 11.6 Å². The van der Waals surface area contributed by atoms with Gasteiger partial charge in [0.15, 0.2) is 0 Å². The minimum Gasteiger partial charge on any atom is -0.306 e. The molecule has 1 saturated heterocycles. The summed E-state index contributed by atoms with van der Waals surface area (Å²) in [6, 6.07) is 17.1. The van der Waals surface area contributed by atoms with Crippen molar-refractivity contribution in [1.29, 1.82) is 0 Å². The number of piperazine rings is 1. The molecule has 1 aromatic heterocycles. The highest BCUT2D eigenvalue weighted by Gasteiger charge is 2.14. The number of nitrogens with zero attached hydrogens (tertiary/aromatic N) is 3. The van der Waals surface area contributed by atoms with Crippen LogP contribution in [0.1, 0.15) is 5.56 Å². The third kappa shape index (κ3) is 4.33. The van der Waals surface area contributed by atoms with Gasteiger partial charge in [-0.25, -0.2) is 4.98 Å². The predicted molar refractivity (Wildman–Crippen MR) is 114 cm³/mol. The molecule has 0 unspecified atom stereocenters. The first-order valence-corrected chi connectivity index (χ1v) is 9.83. The number of nitrogens with one attached hydrogen (secondary N) is 1. The molecule has 1 N–H and O–H groups in total. The van der Waals surface area contributed by atoms with Gasteiger partial charge < -0.3 is 9.88 Å². The van der Waals surface area contributed by atoms with E-state index in [-0.39, 0.29) is 5.56 Å². The maximum absolute atomic E-state index is 12.3. The van der Waals surface area contributed by atoms with Crippen molar-refractivity contribution < 1.29 is 0 Å². The SMILES string of the molecule is CN1CCN(Cc2cccc(-c3nc(-c4ccccc4Cl)cc(=O)[nH]3)c2)CC1. The molecule has 0 saturated carbocycles. The zero-order chi connectivity index (χ0) is 19.5. The Balaban J connectivity index is 1.63. The number of likely N-dealkylation sites (N-methyl/N-ethyl adjacent to an activating group) is 1. The number of aromatic amines is 1. The summed E-state index contributed by atoms with van der Waals surface area (Å²) in [5, 5.41) is 0.579. The predicted octanol–water partition coefficient (Wildman–Crippen LogP) is 3.50. The summed E-state index contributed by atoms with van der Waals surface area (Å²) in [5.41, 5.74) is 3.26. The molecule has 0 bridgehead atoms. The first kappa shape index (κ1) is 18.9. The van der Waals surface area contributed by atoms with Crippen molar-refractivity contribution in [3.05, 3.63) is 75.5 Å². The van der Waals surface area contributed by atoms with E-state index >= 15 is 0 Å². The van der Waals surface area contributed by atoms with E-state index in [0.717, 1.165) is 43.9 Å². The fourth-order valence-electron chi connectivity index (χ4n) is 3.48. The van der Waals surface area contributed by atoms with Crippen LogP contribution in [-0.2, 0) is 6.54 Å². The molecule has 2 aromatic carbocycles. The highest BCUT2D eigenvalue weighted by atomic mass is 35.5. The second kappa shape index (κ2) is 8.27. The van der Waals surface area contributed by atoms with E-state index in [2.05, 4.69) is 38.9 Å². The Morgan fingerprint density at radius 3 is 2.61 bits per heavy atom. The van der Waals surface area contributed by atoms with E-state index in [1.54, 1.807) is 6.07 Å². The Kier molecular flexibility index (Phi) is 5.57. The van der Waals surface area contributed by atoms with Gasteiger partial charge in [0.25, 0.3) is 5.56 Å². The van der Waals surface area contributed by atoms with Gasteiger partial charge in [0, 0.05) is 54.9 Å². The minimum absolute atomic E-state index is 0.190. The van der Waals surface area contributed by atoms with E-state index in [4.69, 9.17) is 11.6 Å². The molecule has 3 aromatic rings. The quantitative estimate of drug-likeness (QED) is 0.735. The van der Waals surface area contributed by atoms with Crippen LogP contribution < -0.4 is 5.56 Å². The number of benzene rings is 2. The minimum atomic E-state index is -0.190. The van der Waals surface area contributed by atoms with Crippen LogP contribution in [0.5, 0.6) is 0 Å². The van der Waals surface area contributed by atoms with Crippen molar-refractivity contribution in [3.63, 3.8) is 0 Å². The highest BCUT2D eigenvalue weighted by Crippen LogP contribution is 2.26. The maximum Gasteiger partial charge on any atom is 0.251 e. The van der Waals surface area contributed by atoms with Gasteiger partial charge in [-0.05, 0) is 24.7 Å². The second-order valence-corrected chi connectivity index (χ2v) is 7.65. The average molecular weight is 395 g/mol. The van der Waals surface area contributed by atoms with E-state index in [9.17, 15) is 4.79 Å². The summed E-state index contributed by atoms with van der Waals surface area (Å²) < 4.78 is 0. The fraction of sp³-hybridized carbons (Fsp3) is 0.273. The lowest BCUT2D eigenvalue weighted by Crippen LogP contribution is -2.43. The Bertz CT molecular complexity index is 1020. The zero-order valence-corrected chi connectivity index (χ0v) is 16.6. The first-order chi connectivity index (χ1) is 13.6. The topological polar surface area (TPSA) is 52.2 Å². The molecule has 1 aliphatic heterocycles. The van der Waals surface area contributed by atoms with Crippen LogP contribution in [-0.4, -0.2) is 53.0 Å². The standard InChI is InChI=1S/C22H23ClN4O/c1-26-9-11-27(12-10-26)15-16-5-4-6-17(13-16)22-24-20(14-21(28)25-22)18-7-2-3-8-19(18)23/h2-8,13-14H,9-12,15H2,1H3,(H,24,25,28). The van der Waals surface area contributed by atoms with Crippen LogP contribution in [0.2, 0.25) is 5.02 Å². The number of halogens is 1. The molecule has 28 heavy (non-hydrogen) atoms. The Morgan fingerprint density at radius 2 is 1.82 bits per heavy atom. The maximum atomic E-state index is 12.3. The molecule has 0 atom stereocenters. The summed E-state index contributed by atoms with van der Waals surface area (Å²) in [6.07, 6.45) is 0. The van der Waals surface area contributed by atoms with Gasteiger partial charge in [-0.2, -0.15) is 0 Å². The van der Waals surface area contributed by atoms with Gasteiger partial charge >= 0.3 is 0 Å². The fourth-order valence-corrected chi connectivity index (χ4v) is 3.71. The number of rotatable bonds is 4. The van der Waals surface area contributed by atoms with Crippen molar-refractivity contribution in [1.82, 2.24) is 19.8 Å². The largest absolute Gasteiger partial charge is 0.306 e. The first-order valence-electron chi connectivity index (χ1n) is 9.45. The lowest BCUT2D eigenvalue weighted by molar-refractivity contribution is 0.148. The number of hydrogen-bond donors (Lipinski definition) is 1. The van der Waals surface area contributed by atoms with E-state index in [1.165, 1.54) is 11.6 Å². The molecular formula is C22H23ClN4O. The molecule has 0 aliphatic carbocycles. The lowest BCUT2D eigenvalue weighted by Gasteiger charge is -2.32. The van der Waals surface area contributed by atoms with Crippen molar-refractivity contribution in [2.24, 2.45) is 0 Å². The normalized spacial score (nSPS) is 15.6. The van der Waals surface area contributed by atoms with Crippen molar-refractivity contribution in [2.45, 2.75) is 6.54 Å². The van der Waals surface area contributed by atoms with Gasteiger partial charge in [0.05, 0.1) is 5.69 Å². The third-order valence-corrected chi connectivity index (χ3v) is 5.42. The molecule has 1 fully saturated rings. The van der Waals surface area contributed by atoms with Crippen LogP contribution in [0.3, 0.4) is 0 Å². The molecule has 144 valence electrons. The molecule has 2 heterocycles. The molecule has 0 amide bonds. The Hall–Kier alpha value is -2.47. The third-order valence-electron chi connectivity index (χ3n) is 5.09. The van der Waals surface area contributed by atoms with E-state index < -0.39 is 0 Å². The van der Waals surface area contributed by atoms with Gasteiger partial charge in [-0.15, -0.1) is 0 Å². The lowest BCUT2D eigenvalue weighted by atomic mass is 10.1. The van der Waals surface area contributed by atoms with Crippen molar-refractivity contribution in [3.8, 4) is 22.6 Å². The molecule has 4 rings (SSSR count). The molecule has 5 nitrogen and oxygen atoms in total. The highest BCUT2D eigenvalue weighted by molar-refractivity contribution is 6.33. The molecule has 6 heteroatoms. The summed E-state index contributed by atoms with van der Waals surface area (Å²) in [4.78, 5) is 24.6. The smallest absolute Gasteiger partial charge is 0.251 e. The van der Waals surface area contributed by atoms with Gasteiger partial charge in [0.1, 0.15) is 5.82 Å². The second-order valence-electron chi connectivity index (χ2n) is 7.24. The summed E-state index contributed by atoms with van der Waals surface area (Å²) >= 11 is 6.29. The number of H-pyrrole nitrogens is 1. The monoisotopic (exact) mass is 394 g/mol. The van der Waals surface area contributed by atoms with Crippen LogP contribution in [0.4, 0.5) is 0 Å². The van der Waals surface area contributed by atoms with Crippen molar-refractivity contribution in [2.75, 3.05) is 33.2 Å². The summed E-state index contributed by atoms with van der Waals surface area (Å²) in [5.74, 6) is 0.558. The van der Waals surface area contributed by atoms with E-state index in [0.29, 0.717) is 16.5 Å². The Morgan fingerprint density at radius 1 is 1.04 bits per heavy atom. The average Bonchev–Trinajstić information content (AvgIpc) is 2.70. The van der Waals surface area contributed by atoms with Crippen LogP contribution in [0.25, 0.3) is 22.6 Å². The van der Waals surface area contributed by atoms with Gasteiger partial charge in [0.2, 0.25) is 0 Å². The van der Waals surface area contributed by atoms with Crippen LogP contribution in [0.15, 0.2) is 59.4 Å². The zero-order valence-electron chi connectivity index (χ0n) is 15.9.